The van der Waals surface area contributed by atoms with E-state index in [0.717, 1.165) is 19.3 Å². The van der Waals surface area contributed by atoms with Crippen LogP contribution in [0.5, 0.6) is 0 Å². The Kier molecular flexibility index (Phi) is 9.88. The highest BCUT2D eigenvalue weighted by molar-refractivity contribution is 5.07. The van der Waals surface area contributed by atoms with Gasteiger partial charge in [-0.2, -0.15) is 0 Å². The van der Waals surface area contributed by atoms with E-state index in [-0.39, 0.29) is 23.9 Å². The maximum absolute atomic E-state index is 10.8. The summed E-state index contributed by atoms with van der Waals surface area (Å²) in [6.45, 7) is 12.3. The summed E-state index contributed by atoms with van der Waals surface area (Å²) in [5.74, 6) is 0.640. The second kappa shape index (κ2) is 10.9. The quantitative estimate of drug-likeness (QED) is 0.391. The van der Waals surface area contributed by atoms with Crippen LogP contribution in [0.1, 0.15) is 86.5 Å². The normalized spacial score (nSPS) is 27.9. The molecule has 4 nitrogen and oxygen atoms in total. The van der Waals surface area contributed by atoms with Gasteiger partial charge < -0.3 is 20.4 Å². The summed E-state index contributed by atoms with van der Waals surface area (Å²) in [5, 5.41) is 40.9. The maximum Gasteiger partial charge on any atom is 0.0826 e. The molecule has 0 saturated heterocycles. The molecule has 0 heterocycles. The number of allylic oxidation sites excluding steroid dienone is 3. The SMILES string of the molecule is CC[C@H](O)[C@@H](O)C[C@](C)(O)CCC/C(C)=C/C[C@H](O)[C@@H]1[C@@H](C)C=CCC1(C)C. The molecule has 1 aliphatic rings. The van der Waals surface area contributed by atoms with Crippen molar-refractivity contribution in [2.24, 2.45) is 17.3 Å². The molecular formula is C24H44O4. The van der Waals surface area contributed by atoms with Crippen LogP contribution < -0.4 is 0 Å². The summed E-state index contributed by atoms with van der Waals surface area (Å²) in [5.41, 5.74) is 0.349. The Labute approximate surface area is 172 Å². The zero-order valence-corrected chi connectivity index (χ0v) is 18.9. The Morgan fingerprint density at radius 2 is 1.89 bits per heavy atom. The van der Waals surface area contributed by atoms with Crippen molar-refractivity contribution in [2.45, 2.75) is 110 Å². The molecule has 0 fully saturated rings. The zero-order valence-electron chi connectivity index (χ0n) is 18.9. The van der Waals surface area contributed by atoms with Gasteiger partial charge in [0.05, 0.1) is 23.9 Å². The summed E-state index contributed by atoms with van der Waals surface area (Å²) in [6, 6.07) is 0. The summed E-state index contributed by atoms with van der Waals surface area (Å²) < 4.78 is 0. The van der Waals surface area contributed by atoms with Crippen molar-refractivity contribution in [3.8, 4) is 0 Å². The third-order valence-corrected chi connectivity index (χ3v) is 6.47. The fraction of sp³-hybridized carbons (Fsp3) is 0.833. The molecule has 0 aromatic carbocycles. The van der Waals surface area contributed by atoms with Crippen molar-refractivity contribution in [1.82, 2.24) is 0 Å². The zero-order chi connectivity index (χ0) is 21.5. The van der Waals surface area contributed by atoms with Gasteiger partial charge in [-0.05, 0) is 69.6 Å². The third kappa shape index (κ3) is 7.98. The predicted octanol–water partition coefficient (Wildman–Crippen LogP) is 4.37. The van der Waals surface area contributed by atoms with E-state index in [2.05, 4.69) is 45.9 Å². The largest absolute Gasteiger partial charge is 0.392 e. The van der Waals surface area contributed by atoms with E-state index in [1.807, 2.05) is 6.92 Å². The molecular weight excluding hydrogens is 352 g/mol. The minimum absolute atomic E-state index is 0.109. The molecule has 28 heavy (non-hydrogen) atoms. The minimum Gasteiger partial charge on any atom is -0.392 e. The molecule has 0 aliphatic heterocycles. The smallest absolute Gasteiger partial charge is 0.0826 e. The first kappa shape index (κ1) is 25.4. The van der Waals surface area contributed by atoms with Crippen molar-refractivity contribution in [3.63, 3.8) is 0 Å². The van der Waals surface area contributed by atoms with Gasteiger partial charge in [-0.3, -0.25) is 0 Å². The van der Waals surface area contributed by atoms with Crippen molar-refractivity contribution >= 4 is 0 Å². The average molecular weight is 397 g/mol. The Morgan fingerprint density at radius 1 is 1.25 bits per heavy atom. The van der Waals surface area contributed by atoms with E-state index >= 15 is 0 Å². The maximum atomic E-state index is 10.8. The lowest BCUT2D eigenvalue weighted by Gasteiger charge is -2.42. The van der Waals surface area contributed by atoms with Crippen molar-refractivity contribution in [3.05, 3.63) is 23.8 Å². The second-order valence-corrected chi connectivity index (χ2v) is 9.96. The van der Waals surface area contributed by atoms with Crippen molar-refractivity contribution < 1.29 is 20.4 Å². The summed E-state index contributed by atoms with van der Waals surface area (Å²) >= 11 is 0. The van der Waals surface area contributed by atoms with Gasteiger partial charge in [0, 0.05) is 6.42 Å². The third-order valence-electron chi connectivity index (χ3n) is 6.47. The van der Waals surface area contributed by atoms with Crippen LogP contribution in [0.4, 0.5) is 0 Å². The lowest BCUT2D eigenvalue weighted by atomic mass is 9.64. The Balaban J connectivity index is 2.47. The van der Waals surface area contributed by atoms with Crippen LogP contribution in [0.15, 0.2) is 23.8 Å². The highest BCUT2D eigenvalue weighted by Crippen LogP contribution is 2.43. The van der Waals surface area contributed by atoms with Gasteiger partial charge in [-0.15, -0.1) is 0 Å². The van der Waals surface area contributed by atoms with Gasteiger partial charge in [-0.25, -0.2) is 0 Å². The lowest BCUT2D eigenvalue weighted by Crippen LogP contribution is -2.39. The number of rotatable bonds is 11. The van der Waals surface area contributed by atoms with Crippen molar-refractivity contribution in [1.29, 1.82) is 0 Å². The average Bonchev–Trinajstić information content (AvgIpc) is 2.57. The molecule has 0 spiro atoms. The molecule has 0 unspecified atom stereocenters. The van der Waals surface area contributed by atoms with E-state index in [0.29, 0.717) is 25.2 Å². The van der Waals surface area contributed by atoms with Gasteiger partial charge in [0.15, 0.2) is 0 Å². The fourth-order valence-electron chi connectivity index (χ4n) is 4.70. The molecule has 0 bridgehead atoms. The first-order chi connectivity index (χ1) is 12.9. The van der Waals surface area contributed by atoms with Crippen LogP contribution in [-0.2, 0) is 0 Å². The molecule has 4 N–H and O–H groups in total. The first-order valence-electron chi connectivity index (χ1n) is 11.0. The van der Waals surface area contributed by atoms with Gasteiger partial charge in [0.25, 0.3) is 0 Å². The highest BCUT2D eigenvalue weighted by atomic mass is 16.3. The standard InChI is InChI=1S/C24H44O4/c1-7-19(25)21(27)16-24(6,28)15-8-10-17(2)12-13-20(26)22-18(3)11-9-14-23(22,4)5/h9,11-12,18-22,25-28H,7-8,10,13-16H2,1-6H3/b17-12+/t18-,19-,20-,21-,22-,24+/m0/s1. The van der Waals surface area contributed by atoms with Crippen LogP contribution in [0, 0.1) is 17.3 Å². The number of aliphatic hydroxyl groups is 4. The predicted molar refractivity (Wildman–Crippen MR) is 116 cm³/mol. The molecule has 0 aromatic heterocycles. The van der Waals surface area contributed by atoms with E-state index in [9.17, 15) is 20.4 Å². The molecule has 0 saturated carbocycles. The molecule has 0 radical (unpaired) electrons. The molecule has 1 aliphatic carbocycles. The molecule has 4 heteroatoms. The van der Waals surface area contributed by atoms with E-state index in [1.165, 1.54) is 5.57 Å². The topological polar surface area (TPSA) is 80.9 Å². The van der Waals surface area contributed by atoms with E-state index < -0.39 is 17.8 Å². The second-order valence-electron chi connectivity index (χ2n) is 9.96. The summed E-state index contributed by atoms with van der Waals surface area (Å²) in [7, 11) is 0. The van der Waals surface area contributed by atoms with Gasteiger partial charge in [0.2, 0.25) is 0 Å². The van der Waals surface area contributed by atoms with Crippen molar-refractivity contribution in [2.75, 3.05) is 0 Å². The van der Waals surface area contributed by atoms with E-state index in [1.54, 1.807) is 6.92 Å². The highest BCUT2D eigenvalue weighted by Gasteiger charge is 2.38. The van der Waals surface area contributed by atoms with E-state index in [4.69, 9.17) is 0 Å². The summed E-state index contributed by atoms with van der Waals surface area (Å²) in [4.78, 5) is 0. The Morgan fingerprint density at radius 3 is 2.46 bits per heavy atom. The lowest BCUT2D eigenvalue weighted by molar-refractivity contribution is -0.0514. The molecule has 0 amide bonds. The molecule has 0 aromatic rings. The van der Waals surface area contributed by atoms with Crippen LogP contribution in [0.3, 0.4) is 0 Å². The van der Waals surface area contributed by atoms with Gasteiger partial charge >= 0.3 is 0 Å². The Hall–Kier alpha value is -0.680. The fourth-order valence-corrected chi connectivity index (χ4v) is 4.70. The van der Waals surface area contributed by atoms with Crippen LogP contribution in [0.25, 0.3) is 0 Å². The van der Waals surface area contributed by atoms with Gasteiger partial charge in [-0.1, -0.05) is 51.5 Å². The number of hydrogen-bond acceptors (Lipinski definition) is 4. The first-order valence-corrected chi connectivity index (χ1v) is 11.0. The van der Waals surface area contributed by atoms with Crippen LogP contribution >= 0.6 is 0 Å². The monoisotopic (exact) mass is 396 g/mol. The van der Waals surface area contributed by atoms with Gasteiger partial charge in [0.1, 0.15) is 0 Å². The summed E-state index contributed by atoms with van der Waals surface area (Å²) in [6.07, 6.45) is 9.16. The Bertz CT molecular complexity index is 521. The molecule has 6 atom stereocenters. The number of aliphatic hydroxyl groups excluding tert-OH is 3. The molecule has 164 valence electrons. The number of hydrogen-bond donors (Lipinski definition) is 4. The van der Waals surface area contributed by atoms with Crippen LogP contribution in [0.2, 0.25) is 0 Å². The minimum atomic E-state index is -0.983. The van der Waals surface area contributed by atoms with Crippen LogP contribution in [-0.4, -0.2) is 44.3 Å². The molecule has 1 rings (SSSR count).